The Morgan fingerprint density at radius 2 is 1.78 bits per heavy atom. The van der Waals surface area contributed by atoms with E-state index in [2.05, 4.69) is 52.4 Å². The number of aliphatic hydroxyl groups excluding tert-OH is 1. The van der Waals surface area contributed by atoms with Gasteiger partial charge in [0.05, 0.1) is 12.7 Å². The molecule has 4 aliphatic rings. The highest BCUT2D eigenvalue weighted by molar-refractivity contribution is 5.56. The standard InChI is InChI=1S/C27H46O.C6H12O3/c1-18(2)7-6-8-19(3)23-11-12-24-22-10-9-20-17-21(28)13-15-26(20,4)25(22)14-16-27(23,24)5;1-2-3-4-5-9-6(7)8/h9,18-19,21-25,28H,6-8,10-17H2,1-5H3;2-5H2,1H3,(H,7,8)/t19-,21+,22+,23-,24+,25+,26+,27-;/m1./s1. The summed E-state index contributed by atoms with van der Waals surface area (Å²) in [5.74, 6) is 5.46. The summed E-state index contributed by atoms with van der Waals surface area (Å²) in [4.78, 5) is 9.74. The molecule has 3 fully saturated rings. The summed E-state index contributed by atoms with van der Waals surface area (Å²) in [7, 11) is 0. The molecule has 37 heavy (non-hydrogen) atoms. The van der Waals surface area contributed by atoms with Crippen LogP contribution in [0.3, 0.4) is 0 Å². The fourth-order valence-electron chi connectivity index (χ4n) is 9.18. The number of aliphatic hydroxyl groups is 1. The van der Waals surface area contributed by atoms with Gasteiger partial charge in [0.1, 0.15) is 0 Å². The quantitative estimate of drug-likeness (QED) is 0.181. The van der Waals surface area contributed by atoms with Gasteiger partial charge >= 0.3 is 6.16 Å². The van der Waals surface area contributed by atoms with E-state index >= 15 is 0 Å². The van der Waals surface area contributed by atoms with Gasteiger partial charge in [0.15, 0.2) is 0 Å². The molecule has 0 spiro atoms. The summed E-state index contributed by atoms with van der Waals surface area (Å²) in [5.41, 5.74) is 2.60. The topological polar surface area (TPSA) is 66.8 Å². The number of unbranched alkanes of at least 4 members (excludes halogenated alkanes) is 2. The van der Waals surface area contributed by atoms with Crippen molar-refractivity contribution in [2.24, 2.45) is 46.3 Å². The van der Waals surface area contributed by atoms with Gasteiger partial charge in [0, 0.05) is 0 Å². The van der Waals surface area contributed by atoms with E-state index in [-0.39, 0.29) is 6.10 Å². The number of ether oxygens (including phenoxy) is 1. The number of carbonyl (C=O) groups is 1. The molecule has 0 radical (unpaired) electrons. The third-order valence-corrected chi connectivity index (χ3v) is 11.3. The monoisotopic (exact) mass is 518 g/mol. The molecule has 0 amide bonds. The van der Waals surface area contributed by atoms with Crippen LogP contribution in [0.4, 0.5) is 4.79 Å². The zero-order chi connectivity index (χ0) is 27.2. The molecule has 8 atom stereocenters. The lowest BCUT2D eigenvalue weighted by Gasteiger charge is -2.58. The largest absolute Gasteiger partial charge is 0.505 e. The third kappa shape index (κ3) is 7.14. The first-order valence-corrected chi connectivity index (χ1v) is 15.8. The summed E-state index contributed by atoms with van der Waals surface area (Å²) in [6, 6.07) is 0. The number of hydrogen-bond acceptors (Lipinski definition) is 3. The molecule has 0 aromatic rings. The van der Waals surface area contributed by atoms with Crippen LogP contribution in [-0.2, 0) is 4.74 Å². The maximum absolute atomic E-state index is 10.2. The van der Waals surface area contributed by atoms with Crippen LogP contribution in [-0.4, -0.2) is 29.1 Å². The van der Waals surface area contributed by atoms with E-state index in [9.17, 15) is 9.90 Å². The van der Waals surface area contributed by atoms with Gasteiger partial charge in [-0.2, -0.15) is 0 Å². The van der Waals surface area contributed by atoms with Crippen molar-refractivity contribution >= 4 is 6.16 Å². The molecule has 3 saturated carbocycles. The minimum absolute atomic E-state index is 0.0766. The maximum atomic E-state index is 10.2. The average molecular weight is 519 g/mol. The molecule has 0 heterocycles. The molecule has 0 aromatic carbocycles. The molecule has 2 N–H and O–H groups in total. The minimum Gasteiger partial charge on any atom is -0.450 e. The lowest BCUT2D eigenvalue weighted by Crippen LogP contribution is -2.50. The molecule has 4 heteroatoms. The van der Waals surface area contributed by atoms with Crippen molar-refractivity contribution in [3.05, 3.63) is 11.6 Å². The molecule has 4 rings (SSSR count). The van der Waals surface area contributed by atoms with Crippen molar-refractivity contribution in [3.8, 4) is 0 Å². The van der Waals surface area contributed by atoms with E-state index < -0.39 is 6.16 Å². The Hall–Kier alpha value is -1.03. The van der Waals surface area contributed by atoms with Crippen molar-refractivity contribution in [2.75, 3.05) is 6.61 Å². The van der Waals surface area contributed by atoms with Crippen molar-refractivity contribution in [2.45, 2.75) is 138 Å². The molecule has 4 aliphatic carbocycles. The number of allylic oxidation sites excluding steroid dienone is 1. The first-order chi connectivity index (χ1) is 17.5. The van der Waals surface area contributed by atoms with Gasteiger partial charge in [0.25, 0.3) is 0 Å². The van der Waals surface area contributed by atoms with Crippen LogP contribution < -0.4 is 0 Å². The van der Waals surface area contributed by atoms with Crippen molar-refractivity contribution in [1.82, 2.24) is 0 Å². The predicted octanol–water partition coefficient (Wildman–Crippen LogP) is 9.26. The third-order valence-electron chi connectivity index (χ3n) is 11.3. The van der Waals surface area contributed by atoms with E-state index in [1.165, 1.54) is 57.8 Å². The highest BCUT2D eigenvalue weighted by Crippen LogP contribution is 2.67. The van der Waals surface area contributed by atoms with Crippen LogP contribution in [0.1, 0.15) is 131 Å². The second-order valence-corrected chi connectivity index (χ2v) is 14.0. The Balaban J connectivity index is 0.000000364. The van der Waals surface area contributed by atoms with Crippen LogP contribution in [0.15, 0.2) is 11.6 Å². The van der Waals surface area contributed by atoms with Gasteiger partial charge in [-0.1, -0.05) is 85.3 Å². The molecule has 0 unspecified atom stereocenters. The van der Waals surface area contributed by atoms with Crippen LogP contribution in [0.2, 0.25) is 0 Å². The Kier molecular flexibility index (Phi) is 11.0. The van der Waals surface area contributed by atoms with E-state index in [0.29, 0.717) is 17.4 Å². The number of fused-ring (bicyclic) bond motifs is 5. The van der Waals surface area contributed by atoms with Crippen molar-refractivity contribution in [3.63, 3.8) is 0 Å². The molecule has 0 bridgehead atoms. The van der Waals surface area contributed by atoms with E-state index in [1.54, 1.807) is 5.57 Å². The Bertz CT molecular complexity index is 759. The van der Waals surface area contributed by atoms with Gasteiger partial charge in [-0.05, 0) is 104 Å². The fourth-order valence-corrected chi connectivity index (χ4v) is 9.18. The first-order valence-electron chi connectivity index (χ1n) is 15.8. The molecule has 0 aromatic heterocycles. The second-order valence-electron chi connectivity index (χ2n) is 14.0. The molecular formula is C33H58O4. The van der Waals surface area contributed by atoms with E-state index in [1.807, 2.05) is 0 Å². The second kappa shape index (κ2) is 13.4. The lowest BCUT2D eigenvalue weighted by molar-refractivity contribution is -0.0573. The van der Waals surface area contributed by atoms with Gasteiger partial charge in [-0.25, -0.2) is 4.79 Å². The molecule has 0 aliphatic heterocycles. The predicted molar refractivity (Wildman–Crippen MR) is 153 cm³/mol. The number of rotatable bonds is 9. The SMILES string of the molecule is CC(C)CCC[C@@H](C)[C@H]1CC[C@H]2[C@@H]3CC=C4C[C@@H](O)CC[C@]4(C)[C@H]3CC[C@]12C.CCCCCOC(=O)O. The molecule has 4 nitrogen and oxygen atoms in total. The van der Waals surface area contributed by atoms with Gasteiger partial charge in [-0.3, -0.25) is 0 Å². The zero-order valence-corrected chi connectivity index (χ0v) is 24.9. The Labute approximate surface area is 228 Å². The van der Waals surface area contributed by atoms with Gasteiger partial charge in [0.2, 0.25) is 0 Å². The summed E-state index contributed by atoms with van der Waals surface area (Å²) in [5, 5.41) is 18.2. The molecule has 0 saturated heterocycles. The molecule has 214 valence electrons. The highest BCUT2D eigenvalue weighted by Gasteiger charge is 2.59. The summed E-state index contributed by atoms with van der Waals surface area (Å²) in [6.07, 6.45) is 18.9. The maximum Gasteiger partial charge on any atom is 0.505 e. The van der Waals surface area contributed by atoms with E-state index in [0.717, 1.165) is 67.6 Å². The average Bonchev–Trinajstić information content (AvgIpc) is 3.19. The number of carboxylic acid groups (broad SMARTS) is 1. The Morgan fingerprint density at radius 1 is 1.03 bits per heavy atom. The van der Waals surface area contributed by atoms with Crippen LogP contribution in [0.25, 0.3) is 0 Å². The fraction of sp³-hybridized carbons (Fsp3) is 0.909. The van der Waals surface area contributed by atoms with Gasteiger partial charge in [-0.15, -0.1) is 0 Å². The Morgan fingerprint density at radius 3 is 2.46 bits per heavy atom. The zero-order valence-electron chi connectivity index (χ0n) is 24.9. The number of hydrogen-bond donors (Lipinski definition) is 2. The van der Waals surface area contributed by atoms with Crippen molar-refractivity contribution in [1.29, 1.82) is 0 Å². The van der Waals surface area contributed by atoms with Crippen LogP contribution in [0.5, 0.6) is 0 Å². The first kappa shape index (κ1) is 30.5. The summed E-state index contributed by atoms with van der Waals surface area (Å²) in [6.45, 7) is 15.0. The van der Waals surface area contributed by atoms with E-state index in [4.69, 9.17) is 5.11 Å². The van der Waals surface area contributed by atoms with Crippen LogP contribution in [0, 0.1) is 46.3 Å². The molecular weight excluding hydrogens is 460 g/mol. The summed E-state index contributed by atoms with van der Waals surface area (Å²) >= 11 is 0. The minimum atomic E-state index is -1.17. The normalized spacial score (nSPS) is 37.4. The van der Waals surface area contributed by atoms with Crippen LogP contribution >= 0.6 is 0 Å². The highest BCUT2D eigenvalue weighted by atomic mass is 16.7. The van der Waals surface area contributed by atoms with Gasteiger partial charge < -0.3 is 14.9 Å². The smallest absolute Gasteiger partial charge is 0.450 e. The van der Waals surface area contributed by atoms with Crippen molar-refractivity contribution < 1.29 is 19.7 Å². The summed E-state index contributed by atoms with van der Waals surface area (Å²) < 4.78 is 4.26. The lowest BCUT2D eigenvalue weighted by atomic mass is 9.47.